The molecule has 1 aromatic carbocycles. The van der Waals surface area contributed by atoms with Crippen molar-refractivity contribution >= 4 is 0 Å². The highest BCUT2D eigenvalue weighted by Gasteiger charge is 2.23. The van der Waals surface area contributed by atoms with Crippen LogP contribution in [-0.2, 0) is 6.54 Å². The number of nitrogens with zero attached hydrogens (tertiary/aromatic N) is 3. The largest absolute Gasteiger partial charge is 0.494 e. The van der Waals surface area contributed by atoms with Gasteiger partial charge >= 0.3 is 0 Å². The van der Waals surface area contributed by atoms with E-state index in [1.807, 2.05) is 31.3 Å². The first-order valence-electron chi connectivity index (χ1n) is 8.00. The van der Waals surface area contributed by atoms with Crippen LogP contribution in [-0.4, -0.2) is 35.1 Å². The maximum atomic E-state index is 14.3. The lowest BCUT2D eigenvalue weighted by molar-refractivity contribution is 0.195. The molecule has 1 aromatic heterocycles. The molecular formula is C18H22FN3O. The number of aryl methyl sites for hydroxylation is 1. The van der Waals surface area contributed by atoms with E-state index in [0.29, 0.717) is 23.8 Å². The Hall–Kier alpha value is -2.01. The average molecular weight is 315 g/mol. The Morgan fingerprint density at radius 3 is 3.00 bits per heavy atom. The standard InChI is InChI=1S/C18H22FN3O/c1-13-20-9-8-16(21-13)14-6-4-10-22(11-14)12-15-5-3-7-17(23-2)18(15)19/h3,5,7-9,14H,4,6,10-12H2,1-2H3/t14-/m1/s1. The van der Waals surface area contributed by atoms with Gasteiger partial charge in [-0.05, 0) is 38.4 Å². The number of benzene rings is 1. The summed E-state index contributed by atoms with van der Waals surface area (Å²) in [6, 6.07) is 7.32. The molecule has 2 aromatic rings. The van der Waals surface area contributed by atoms with Crippen molar-refractivity contribution in [1.29, 1.82) is 0 Å². The maximum Gasteiger partial charge on any atom is 0.169 e. The second kappa shape index (κ2) is 7.04. The Kier molecular flexibility index (Phi) is 4.86. The Balaban J connectivity index is 1.72. The molecule has 0 unspecified atom stereocenters. The first-order chi connectivity index (χ1) is 11.2. The first kappa shape index (κ1) is 15.9. The van der Waals surface area contributed by atoms with Crippen molar-refractivity contribution in [3.8, 4) is 5.75 Å². The Bertz CT molecular complexity index is 677. The third kappa shape index (κ3) is 3.67. The molecule has 1 aliphatic rings. The highest BCUT2D eigenvalue weighted by atomic mass is 19.1. The number of likely N-dealkylation sites (tertiary alicyclic amines) is 1. The highest BCUT2D eigenvalue weighted by molar-refractivity contribution is 5.31. The molecule has 4 nitrogen and oxygen atoms in total. The number of halogens is 1. The van der Waals surface area contributed by atoms with Crippen molar-refractivity contribution in [3.05, 3.63) is 53.4 Å². The van der Waals surface area contributed by atoms with Crippen LogP contribution in [0, 0.1) is 12.7 Å². The third-order valence-electron chi connectivity index (χ3n) is 4.38. The summed E-state index contributed by atoms with van der Waals surface area (Å²) in [5.41, 5.74) is 1.78. The van der Waals surface area contributed by atoms with Crippen LogP contribution in [0.2, 0.25) is 0 Å². The van der Waals surface area contributed by atoms with Crippen LogP contribution in [0.1, 0.15) is 35.8 Å². The highest BCUT2D eigenvalue weighted by Crippen LogP contribution is 2.28. The number of piperidine rings is 1. The first-order valence-corrected chi connectivity index (χ1v) is 8.00. The van der Waals surface area contributed by atoms with E-state index in [0.717, 1.165) is 37.4 Å². The van der Waals surface area contributed by atoms with Crippen LogP contribution in [0.5, 0.6) is 5.75 Å². The van der Waals surface area contributed by atoms with Gasteiger partial charge in [0.25, 0.3) is 0 Å². The van der Waals surface area contributed by atoms with Crippen molar-refractivity contribution in [2.75, 3.05) is 20.2 Å². The van der Waals surface area contributed by atoms with E-state index in [1.54, 1.807) is 6.07 Å². The van der Waals surface area contributed by atoms with Gasteiger partial charge in [-0.3, -0.25) is 4.90 Å². The summed E-state index contributed by atoms with van der Waals surface area (Å²) in [6.07, 6.45) is 4.03. The lowest BCUT2D eigenvalue weighted by Crippen LogP contribution is -2.34. The molecule has 0 N–H and O–H groups in total. The van der Waals surface area contributed by atoms with Crippen LogP contribution < -0.4 is 4.74 Å². The molecule has 1 fully saturated rings. The molecule has 1 aliphatic heterocycles. The van der Waals surface area contributed by atoms with Gasteiger partial charge in [0.05, 0.1) is 7.11 Å². The molecule has 2 heterocycles. The molecule has 0 spiro atoms. The zero-order valence-electron chi connectivity index (χ0n) is 13.6. The van der Waals surface area contributed by atoms with E-state index in [4.69, 9.17) is 4.74 Å². The molecule has 3 rings (SSSR count). The van der Waals surface area contributed by atoms with Gasteiger partial charge in [-0.25, -0.2) is 14.4 Å². The lowest BCUT2D eigenvalue weighted by Gasteiger charge is -2.32. The molecule has 1 saturated heterocycles. The summed E-state index contributed by atoms with van der Waals surface area (Å²) in [4.78, 5) is 11.0. The smallest absolute Gasteiger partial charge is 0.169 e. The van der Waals surface area contributed by atoms with Gasteiger partial charge in [0.15, 0.2) is 11.6 Å². The van der Waals surface area contributed by atoms with Crippen LogP contribution >= 0.6 is 0 Å². The fraction of sp³-hybridized carbons (Fsp3) is 0.444. The van der Waals surface area contributed by atoms with Gasteiger partial charge in [-0.2, -0.15) is 0 Å². The predicted octanol–water partition coefficient (Wildman–Crippen LogP) is 3.31. The summed E-state index contributed by atoms with van der Waals surface area (Å²) >= 11 is 0. The van der Waals surface area contributed by atoms with E-state index >= 15 is 0 Å². The van der Waals surface area contributed by atoms with E-state index < -0.39 is 0 Å². The summed E-state index contributed by atoms with van der Waals surface area (Å²) in [5.74, 6) is 1.25. The third-order valence-corrected chi connectivity index (χ3v) is 4.38. The van der Waals surface area contributed by atoms with E-state index in [-0.39, 0.29) is 5.82 Å². The monoisotopic (exact) mass is 315 g/mol. The number of hydrogen-bond acceptors (Lipinski definition) is 4. The molecule has 5 heteroatoms. The minimum absolute atomic E-state index is 0.255. The SMILES string of the molecule is COc1cccc(CN2CCC[C@@H](c3ccnc(C)n3)C2)c1F. The number of aromatic nitrogens is 2. The number of rotatable bonds is 4. The van der Waals surface area contributed by atoms with Gasteiger partial charge in [-0.15, -0.1) is 0 Å². The Morgan fingerprint density at radius 2 is 2.22 bits per heavy atom. The zero-order chi connectivity index (χ0) is 16.2. The molecule has 122 valence electrons. The molecule has 0 saturated carbocycles. The second-order valence-corrected chi connectivity index (χ2v) is 6.04. The van der Waals surface area contributed by atoms with E-state index in [9.17, 15) is 4.39 Å². The molecule has 23 heavy (non-hydrogen) atoms. The Labute approximate surface area is 136 Å². The number of methoxy groups -OCH3 is 1. The normalized spacial score (nSPS) is 18.8. The van der Waals surface area contributed by atoms with Crippen molar-refractivity contribution in [1.82, 2.24) is 14.9 Å². The zero-order valence-corrected chi connectivity index (χ0v) is 13.6. The van der Waals surface area contributed by atoms with Crippen molar-refractivity contribution in [3.63, 3.8) is 0 Å². The van der Waals surface area contributed by atoms with Gasteiger partial charge in [0.2, 0.25) is 0 Å². The molecule has 0 amide bonds. The molecule has 1 atom stereocenters. The van der Waals surface area contributed by atoms with Gasteiger partial charge in [0, 0.05) is 36.5 Å². The molecule has 0 aliphatic carbocycles. The van der Waals surface area contributed by atoms with Crippen LogP contribution in [0.4, 0.5) is 4.39 Å². The van der Waals surface area contributed by atoms with E-state index in [2.05, 4.69) is 14.9 Å². The van der Waals surface area contributed by atoms with Crippen molar-refractivity contribution < 1.29 is 9.13 Å². The summed E-state index contributed by atoms with van der Waals surface area (Å²) in [6.45, 7) is 4.39. The average Bonchev–Trinajstić information content (AvgIpc) is 2.57. The fourth-order valence-electron chi connectivity index (χ4n) is 3.22. The number of hydrogen-bond donors (Lipinski definition) is 0. The minimum Gasteiger partial charge on any atom is -0.494 e. The van der Waals surface area contributed by atoms with Crippen LogP contribution in [0.25, 0.3) is 0 Å². The van der Waals surface area contributed by atoms with Crippen LogP contribution in [0.15, 0.2) is 30.5 Å². The van der Waals surface area contributed by atoms with Gasteiger partial charge in [0.1, 0.15) is 5.82 Å². The predicted molar refractivity (Wildman–Crippen MR) is 87.0 cm³/mol. The quantitative estimate of drug-likeness (QED) is 0.867. The summed E-state index contributed by atoms with van der Waals surface area (Å²) in [5, 5.41) is 0. The lowest BCUT2D eigenvalue weighted by atomic mass is 9.94. The van der Waals surface area contributed by atoms with Gasteiger partial charge < -0.3 is 4.74 Å². The number of ether oxygens (including phenoxy) is 1. The van der Waals surface area contributed by atoms with Crippen molar-refractivity contribution in [2.45, 2.75) is 32.2 Å². The Morgan fingerprint density at radius 1 is 1.35 bits per heavy atom. The minimum atomic E-state index is -0.255. The van der Waals surface area contributed by atoms with Crippen molar-refractivity contribution in [2.24, 2.45) is 0 Å². The summed E-state index contributed by atoms with van der Waals surface area (Å²) < 4.78 is 19.4. The van der Waals surface area contributed by atoms with E-state index in [1.165, 1.54) is 7.11 Å². The second-order valence-electron chi connectivity index (χ2n) is 6.04. The topological polar surface area (TPSA) is 38.2 Å². The van der Waals surface area contributed by atoms with Gasteiger partial charge in [-0.1, -0.05) is 12.1 Å². The molecule has 0 bridgehead atoms. The molecule has 0 radical (unpaired) electrons. The summed E-state index contributed by atoms with van der Waals surface area (Å²) in [7, 11) is 1.50. The fourth-order valence-corrected chi connectivity index (χ4v) is 3.22. The molecular weight excluding hydrogens is 293 g/mol. The maximum absolute atomic E-state index is 14.3. The van der Waals surface area contributed by atoms with Crippen LogP contribution in [0.3, 0.4) is 0 Å².